The van der Waals surface area contributed by atoms with Crippen molar-refractivity contribution in [1.82, 2.24) is 4.31 Å². The number of Topliss-reactive ketones (excluding diaryl/α,β-unsaturated/α-hetero) is 1. The number of ether oxygens (including phenoxy) is 1. The van der Waals surface area contributed by atoms with Gasteiger partial charge in [0.05, 0.1) is 5.56 Å². The highest BCUT2D eigenvalue weighted by molar-refractivity contribution is 7.98. The number of piperidine rings is 1. The molecule has 1 heterocycles. The zero-order valence-corrected chi connectivity index (χ0v) is 18.1. The van der Waals surface area contributed by atoms with E-state index in [9.17, 15) is 22.4 Å². The zero-order chi connectivity index (χ0) is 21.7. The molecule has 0 aromatic heterocycles. The minimum absolute atomic E-state index is 0.127. The van der Waals surface area contributed by atoms with Crippen molar-refractivity contribution >= 4 is 33.5 Å². The molecule has 6 nitrogen and oxygen atoms in total. The van der Waals surface area contributed by atoms with Crippen molar-refractivity contribution in [3.63, 3.8) is 0 Å². The topological polar surface area (TPSA) is 80.8 Å². The average molecular weight is 452 g/mol. The molecule has 9 heteroatoms. The molecule has 2 aromatic rings. The number of rotatable bonds is 7. The third kappa shape index (κ3) is 5.08. The predicted octanol–water partition coefficient (Wildman–Crippen LogP) is 3.76. The Morgan fingerprint density at radius 3 is 2.30 bits per heavy atom. The molecule has 0 spiro atoms. The molecule has 3 rings (SSSR count). The third-order valence-corrected chi connectivity index (χ3v) is 7.50. The number of nitrogens with zero attached hydrogens (tertiary/aromatic N) is 1. The van der Waals surface area contributed by atoms with Gasteiger partial charge in [-0.25, -0.2) is 17.6 Å². The largest absolute Gasteiger partial charge is 0.454 e. The molecule has 0 unspecified atom stereocenters. The Hall–Kier alpha value is -2.23. The van der Waals surface area contributed by atoms with Gasteiger partial charge >= 0.3 is 5.97 Å². The van der Waals surface area contributed by atoms with Crippen LogP contribution in [0, 0.1) is 5.82 Å². The van der Waals surface area contributed by atoms with Crippen LogP contribution in [0.3, 0.4) is 0 Å². The van der Waals surface area contributed by atoms with Crippen LogP contribution in [0.25, 0.3) is 0 Å². The second-order valence-corrected chi connectivity index (χ2v) is 9.62. The lowest BCUT2D eigenvalue weighted by molar-refractivity contribution is 0.0474. The molecular weight excluding hydrogens is 429 g/mol. The van der Waals surface area contributed by atoms with Crippen LogP contribution in [0.2, 0.25) is 0 Å². The number of benzene rings is 2. The third-order valence-electron chi connectivity index (χ3n) is 4.85. The SMILES string of the molecule is CSc1ccc(C(=O)COC(=O)c2ccc(F)c(S(=O)(=O)N3CCCCC3)c2)cc1. The van der Waals surface area contributed by atoms with Crippen molar-refractivity contribution in [3.8, 4) is 0 Å². The lowest BCUT2D eigenvalue weighted by Gasteiger charge is -2.26. The number of ketones is 1. The second-order valence-electron chi connectivity index (χ2n) is 6.84. The molecule has 0 radical (unpaired) electrons. The van der Waals surface area contributed by atoms with Gasteiger partial charge in [-0.1, -0.05) is 18.6 Å². The van der Waals surface area contributed by atoms with Crippen molar-refractivity contribution in [2.75, 3.05) is 26.0 Å². The van der Waals surface area contributed by atoms with Crippen LogP contribution in [0.15, 0.2) is 52.3 Å². The maximum atomic E-state index is 14.3. The molecular formula is C21H22FNO5S2. The number of thioether (sulfide) groups is 1. The molecule has 1 aliphatic heterocycles. The van der Waals surface area contributed by atoms with Crippen LogP contribution in [0.5, 0.6) is 0 Å². The summed E-state index contributed by atoms with van der Waals surface area (Å²) in [5.41, 5.74) is 0.269. The molecule has 0 saturated carbocycles. The van der Waals surface area contributed by atoms with Gasteiger partial charge in [0.1, 0.15) is 10.7 Å². The van der Waals surface area contributed by atoms with Gasteiger partial charge in [0.15, 0.2) is 12.4 Å². The molecule has 30 heavy (non-hydrogen) atoms. The Morgan fingerprint density at radius 2 is 1.67 bits per heavy atom. The highest BCUT2D eigenvalue weighted by Gasteiger charge is 2.29. The first-order chi connectivity index (χ1) is 14.3. The van der Waals surface area contributed by atoms with E-state index < -0.39 is 33.3 Å². The molecule has 0 aliphatic carbocycles. The van der Waals surface area contributed by atoms with Crippen LogP contribution in [-0.4, -0.2) is 50.4 Å². The molecule has 1 aliphatic rings. The molecule has 160 valence electrons. The Balaban J connectivity index is 1.71. The lowest BCUT2D eigenvalue weighted by atomic mass is 10.1. The summed E-state index contributed by atoms with van der Waals surface area (Å²) >= 11 is 1.54. The monoisotopic (exact) mass is 451 g/mol. The summed E-state index contributed by atoms with van der Waals surface area (Å²) in [5, 5.41) is 0. The Bertz CT molecular complexity index is 1030. The van der Waals surface area contributed by atoms with E-state index in [0.717, 1.165) is 29.5 Å². The first-order valence-electron chi connectivity index (χ1n) is 9.47. The summed E-state index contributed by atoms with van der Waals surface area (Å²) in [5.74, 6) is -2.21. The van der Waals surface area contributed by atoms with E-state index >= 15 is 0 Å². The van der Waals surface area contributed by atoms with Crippen LogP contribution >= 0.6 is 11.8 Å². The molecule has 1 saturated heterocycles. The van der Waals surface area contributed by atoms with Crippen molar-refractivity contribution in [2.45, 2.75) is 29.1 Å². The first-order valence-corrected chi connectivity index (χ1v) is 12.1. The average Bonchev–Trinajstić information content (AvgIpc) is 2.78. The first kappa shape index (κ1) is 22.5. The number of hydrogen-bond acceptors (Lipinski definition) is 6. The fraction of sp³-hybridized carbons (Fsp3) is 0.333. The van der Waals surface area contributed by atoms with Crippen molar-refractivity contribution in [1.29, 1.82) is 0 Å². The quantitative estimate of drug-likeness (QED) is 0.362. The summed E-state index contributed by atoms with van der Waals surface area (Å²) in [6.07, 6.45) is 4.27. The molecule has 0 amide bonds. The van der Waals surface area contributed by atoms with E-state index in [-0.39, 0.29) is 11.3 Å². The van der Waals surface area contributed by atoms with Gasteiger partial charge in [0.2, 0.25) is 10.0 Å². The van der Waals surface area contributed by atoms with Crippen LogP contribution in [0.4, 0.5) is 4.39 Å². The number of halogens is 1. The van der Waals surface area contributed by atoms with Crippen LogP contribution in [0.1, 0.15) is 40.0 Å². The van der Waals surface area contributed by atoms with Crippen molar-refractivity contribution in [3.05, 3.63) is 59.4 Å². The zero-order valence-electron chi connectivity index (χ0n) is 16.5. The highest BCUT2D eigenvalue weighted by Crippen LogP contribution is 2.24. The van der Waals surface area contributed by atoms with Gasteiger partial charge in [-0.15, -0.1) is 11.8 Å². The summed E-state index contributed by atoms with van der Waals surface area (Å²) in [6, 6.07) is 9.90. The molecule has 1 fully saturated rings. The number of sulfonamides is 1. The number of hydrogen-bond donors (Lipinski definition) is 0. The maximum absolute atomic E-state index is 14.3. The minimum Gasteiger partial charge on any atom is -0.454 e. The lowest BCUT2D eigenvalue weighted by Crippen LogP contribution is -2.36. The van der Waals surface area contributed by atoms with Crippen molar-refractivity contribution < 1.29 is 27.1 Å². The number of carbonyl (C=O) groups excluding carboxylic acids is 2. The van der Waals surface area contributed by atoms with E-state index in [1.165, 1.54) is 16.1 Å². The maximum Gasteiger partial charge on any atom is 0.338 e. The van der Waals surface area contributed by atoms with Crippen molar-refractivity contribution in [2.24, 2.45) is 0 Å². The summed E-state index contributed by atoms with van der Waals surface area (Å²) in [6.45, 7) is 0.142. The Morgan fingerprint density at radius 1 is 1.03 bits per heavy atom. The Kier molecular flexibility index (Phi) is 7.27. The highest BCUT2D eigenvalue weighted by atomic mass is 32.2. The fourth-order valence-corrected chi connectivity index (χ4v) is 5.16. The van der Waals surface area contributed by atoms with Gasteiger partial charge in [-0.3, -0.25) is 4.79 Å². The second kappa shape index (κ2) is 9.72. The van der Waals surface area contributed by atoms with E-state index in [1.807, 2.05) is 6.26 Å². The van der Waals surface area contributed by atoms with E-state index in [0.29, 0.717) is 31.5 Å². The summed E-state index contributed by atoms with van der Waals surface area (Å²) in [7, 11) is -4.05. The van der Waals surface area contributed by atoms with Gasteiger partial charge in [-0.2, -0.15) is 4.31 Å². The number of carbonyl (C=O) groups is 2. The molecule has 0 atom stereocenters. The Labute approximate surface area is 179 Å². The normalized spacial score (nSPS) is 15.0. The van der Waals surface area contributed by atoms with Gasteiger partial charge in [-0.05, 0) is 49.4 Å². The molecule has 2 aromatic carbocycles. The standard InChI is InChI=1S/C21H22FNO5S2/c1-29-17-8-5-15(6-9-17)19(24)14-28-21(25)16-7-10-18(22)20(13-16)30(26,27)23-11-3-2-4-12-23/h5-10,13H,2-4,11-12,14H2,1H3. The van der Waals surface area contributed by atoms with Crippen LogP contribution in [-0.2, 0) is 14.8 Å². The van der Waals surface area contributed by atoms with Gasteiger partial charge in [0, 0.05) is 23.5 Å². The smallest absolute Gasteiger partial charge is 0.338 e. The molecule has 0 N–H and O–H groups in total. The van der Waals surface area contributed by atoms with E-state index in [4.69, 9.17) is 4.74 Å². The van der Waals surface area contributed by atoms with E-state index in [1.54, 1.807) is 24.3 Å². The number of esters is 1. The van der Waals surface area contributed by atoms with Gasteiger partial charge in [0.25, 0.3) is 0 Å². The predicted molar refractivity (Wildman–Crippen MR) is 112 cm³/mol. The fourth-order valence-electron chi connectivity index (χ4n) is 3.15. The minimum atomic E-state index is -4.05. The van der Waals surface area contributed by atoms with E-state index in [2.05, 4.69) is 0 Å². The molecule has 0 bridgehead atoms. The summed E-state index contributed by atoms with van der Waals surface area (Å²) < 4.78 is 46.1. The van der Waals surface area contributed by atoms with Crippen LogP contribution < -0.4 is 0 Å². The van der Waals surface area contributed by atoms with Gasteiger partial charge < -0.3 is 4.74 Å². The summed E-state index contributed by atoms with van der Waals surface area (Å²) in [4.78, 5) is 25.0.